The minimum absolute atomic E-state index is 0.240. The van der Waals surface area contributed by atoms with Crippen LogP contribution in [0, 0.1) is 0 Å². The number of benzene rings is 1. The van der Waals surface area contributed by atoms with Crippen molar-refractivity contribution in [2.75, 3.05) is 18.4 Å². The summed E-state index contributed by atoms with van der Waals surface area (Å²) in [6.45, 7) is 2.01. The van der Waals surface area contributed by atoms with Crippen LogP contribution < -0.4 is 10.6 Å². The number of nitrogens with one attached hydrogen (secondary N) is 2. The predicted molar refractivity (Wildman–Crippen MR) is 76.0 cm³/mol. The Kier molecular flexibility index (Phi) is 3.47. The molecule has 3 rings (SSSR count). The maximum absolute atomic E-state index is 11.0. The van der Waals surface area contributed by atoms with Crippen LogP contribution >= 0.6 is 0 Å². The molecule has 0 atom stereocenters. The van der Waals surface area contributed by atoms with Crippen molar-refractivity contribution in [1.29, 1.82) is 0 Å². The van der Waals surface area contributed by atoms with Gasteiger partial charge in [0, 0.05) is 11.4 Å². The van der Waals surface area contributed by atoms with Gasteiger partial charge in [-0.25, -0.2) is 14.8 Å². The Balaban J connectivity index is 1.92. The van der Waals surface area contributed by atoms with Gasteiger partial charge >= 0.3 is 5.97 Å². The molecule has 104 valence electrons. The Bertz CT molecular complexity index is 638. The van der Waals surface area contributed by atoms with E-state index in [-0.39, 0.29) is 5.56 Å². The molecule has 0 aliphatic carbocycles. The second kappa shape index (κ2) is 5.42. The average Bonchev–Trinajstić information content (AvgIpc) is 2.48. The van der Waals surface area contributed by atoms with Crippen LogP contribution in [0.1, 0.15) is 23.2 Å². The molecule has 1 fully saturated rings. The van der Waals surface area contributed by atoms with Crippen molar-refractivity contribution >= 4 is 22.7 Å². The summed E-state index contributed by atoms with van der Waals surface area (Å²) < 4.78 is 0. The van der Waals surface area contributed by atoms with Gasteiger partial charge < -0.3 is 15.7 Å². The zero-order valence-electron chi connectivity index (χ0n) is 11.0. The summed E-state index contributed by atoms with van der Waals surface area (Å²) >= 11 is 0. The lowest BCUT2D eigenvalue weighted by molar-refractivity contribution is 0.0697. The number of fused-ring (bicyclic) bond motifs is 1. The van der Waals surface area contributed by atoms with Crippen molar-refractivity contribution in [3.63, 3.8) is 0 Å². The van der Waals surface area contributed by atoms with Crippen molar-refractivity contribution in [2.24, 2.45) is 0 Å². The minimum atomic E-state index is -0.946. The van der Waals surface area contributed by atoms with Gasteiger partial charge in [-0.05, 0) is 44.1 Å². The first kappa shape index (κ1) is 12.8. The number of piperidine rings is 1. The van der Waals surface area contributed by atoms with Crippen LogP contribution in [0.5, 0.6) is 0 Å². The first-order valence-corrected chi connectivity index (χ1v) is 6.69. The number of hydrogen-bond acceptors (Lipinski definition) is 5. The lowest BCUT2D eigenvalue weighted by Crippen LogP contribution is -2.35. The number of aromatic carboxylic acids is 1. The van der Waals surface area contributed by atoms with Gasteiger partial charge in [-0.1, -0.05) is 0 Å². The van der Waals surface area contributed by atoms with Crippen LogP contribution in [-0.2, 0) is 0 Å². The second-order valence-corrected chi connectivity index (χ2v) is 4.93. The molecule has 1 aliphatic rings. The topological polar surface area (TPSA) is 87.1 Å². The number of hydrogen-bond donors (Lipinski definition) is 3. The van der Waals surface area contributed by atoms with Crippen molar-refractivity contribution in [2.45, 2.75) is 18.9 Å². The summed E-state index contributed by atoms with van der Waals surface area (Å²) in [6.07, 6.45) is 3.58. The molecule has 0 bridgehead atoms. The Labute approximate surface area is 116 Å². The molecule has 0 radical (unpaired) electrons. The van der Waals surface area contributed by atoms with E-state index in [1.165, 1.54) is 6.33 Å². The van der Waals surface area contributed by atoms with E-state index < -0.39 is 5.97 Å². The number of carboxylic acids is 1. The molecular weight excluding hydrogens is 256 g/mol. The number of anilines is 1. The van der Waals surface area contributed by atoms with Crippen molar-refractivity contribution in [3.8, 4) is 0 Å². The maximum Gasteiger partial charge on any atom is 0.335 e. The highest BCUT2D eigenvalue weighted by atomic mass is 16.4. The van der Waals surface area contributed by atoms with Crippen molar-refractivity contribution in [3.05, 3.63) is 30.1 Å². The molecule has 1 saturated heterocycles. The van der Waals surface area contributed by atoms with Crippen LogP contribution in [0.4, 0.5) is 5.82 Å². The van der Waals surface area contributed by atoms with Gasteiger partial charge in [0.2, 0.25) is 0 Å². The van der Waals surface area contributed by atoms with E-state index in [1.807, 2.05) is 0 Å². The molecule has 0 amide bonds. The van der Waals surface area contributed by atoms with Crippen LogP contribution in [0.3, 0.4) is 0 Å². The van der Waals surface area contributed by atoms with Crippen molar-refractivity contribution in [1.82, 2.24) is 15.3 Å². The molecule has 1 aromatic heterocycles. The fourth-order valence-electron chi connectivity index (χ4n) is 2.46. The van der Waals surface area contributed by atoms with E-state index in [4.69, 9.17) is 5.11 Å². The number of carbonyl (C=O) groups is 1. The highest BCUT2D eigenvalue weighted by molar-refractivity contribution is 5.96. The lowest BCUT2D eigenvalue weighted by Gasteiger charge is -2.24. The summed E-state index contributed by atoms with van der Waals surface area (Å²) in [5.41, 5.74) is 0.889. The third kappa shape index (κ3) is 2.55. The molecule has 0 saturated carbocycles. The smallest absolute Gasteiger partial charge is 0.335 e. The molecular formula is C14H16N4O2. The van der Waals surface area contributed by atoms with E-state index >= 15 is 0 Å². The number of rotatable bonds is 3. The lowest BCUT2D eigenvalue weighted by atomic mass is 10.1. The first-order valence-electron chi connectivity index (χ1n) is 6.69. The molecule has 2 heterocycles. The molecule has 1 aromatic carbocycles. The van der Waals surface area contributed by atoms with Gasteiger partial charge in [-0.15, -0.1) is 0 Å². The zero-order valence-corrected chi connectivity index (χ0v) is 11.0. The number of nitrogens with zero attached hydrogens (tertiary/aromatic N) is 2. The third-order valence-electron chi connectivity index (χ3n) is 3.56. The molecule has 0 spiro atoms. The first-order chi connectivity index (χ1) is 9.74. The van der Waals surface area contributed by atoms with E-state index in [9.17, 15) is 4.79 Å². The SMILES string of the molecule is O=C(O)c1ccc2c(NC3CCNCC3)ncnc2c1. The molecule has 2 aromatic rings. The van der Waals surface area contributed by atoms with E-state index in [0.717, 1.165) is 37.1 Å². The quantitative estimate of drug-likeness (QED) is 0.784. The van der Waals surface area contributed by atoms with Gasteiger partial charge in [0.15, 0.2) is 0 Å². The van der Waals surface area contributed by atoms with E-state index in [2.05, 4.69) is 20.6 Å². The summed E-state index contributed by atoms with van der Waals surface area (Å²) in [6, 6.07) is 5.32. The molecule has 20 heavy (non-hydrogen) atoms. The summed E-state index contributed by atoms with van der Waals surface area (Å²) in [5.74, 6) is -0.169. The minimum Gasteiger partial charge on any atom is -0.478 e. The molecule has 6 heteroatoms. The van der Waals surface area contributed by atoms with Gasteiger partial charge in [0.1, 0.15) is 12.1 Å². The Morgan fingerprint density at radius 2 is 2.10 bits per heavy atom. The largest absolute Gasteiger partial charge is 0.478 e. The zero-order chi connectivity index (χ0) is 13.9. The number of carboxylic acid groups (broad SMARTS) is 1. The summed E-state index contributed by atoms with van der Waals surface area (Å²) in [7, 11) is 0. The van der Waals surface area contributed by atoms with Crippen molar-refractivity contribution < 1.29 is 9.90 Å². The fraction of sp³-hybridized carbons (Fsp3) is 0.357. The van der Waals surface area contributed by atoms with E-state index in [1.54, 1.807) is 18.2 Å². The monoisotopic (exact) mass is 272 g/mol. The third-order valence-corrected chi connectivity index (χ3v) is 3.56. The average molecular weight is 272 g/mol. The maximum atomic E-state index is 11.0. The molecule has 0 unspecified atom stereocenters. The van der Waals surface area contributed by atoms with Gasteiger partial charge in [0.05, 0.1) is 11.1 Å². The number of aromatic nitrogens is 2. The van der Waals surface area contributed by atoms with Gasteiger partial charge in [-0.3, -0.25) is 0 Å². The summed E-state index contributed by atoms with van der Waals surface area (Å²) in [5, 5.41) is 16.6. The summed E-state index contributed by atoms with van der Waals surface area (Å²) in [4.78, 5) is 19.4. The second-order valence-electron chi connectivity index (χ2n) is 4.93. The van der Waals surface area contributed by atoms with Gasteiger partial charge in [-0.2, -0.15) is 0 Å². The predicted octanol–water partition coefficient (Wildman–Crippen LogP) is 1.49. The fourth-order valence-corrected chi connectivity index (χ4v) is 2.46. The van der Waals surface area contributed by atoms with Crippen LogP contribution in [0.2, 0.25) is 0 Å². The normalized spacial score (nSPS) is 16.2. The van der Waals surface area contributed by atoms with E-state index in [0.29, 0.717) is 11.6 Å². The standard InChI is InChI=1S/C14H16N4O2/c19-14(20)9-1-2-11-12(7-9)16-8-17-13(11)18-10-3-5-15-6-4-10/h1-2,7-8,10,15H,3-6H2,(H,19,20)(H,16,17,18). The molecule has 3 N–H and O–H groups in total. The highest BCUT2D eigenvalue weighted by Gasteiger charge is 2.15. The Morgan fingerprint density at radius 1 is 1.30 bits per heavy atom. The Morgan fingerprint density at radius 3 is 2.85 bits per heavy atom. The molecule has 1 aliphatic heterocycles. The Hall–Kier alpha value is -2.21. The van der Waals surface area contributed by atoms with Crippen LogP contribution in [-0.4, -0.2) is 40.2 Å². The highest BCUT2D eigenvalue weighted by Crippen LogP contribution is 2.22. The molecule has 6 nitrogen and oxygen atoms in total. The van der Waals surface area contributed by atoms with Crippen LogP contribution in [0.25, 0.3) is 10.9 Å². The van der Waals surface area contributed by atoms with Crippen LogP contribution in [0.15, 0.2) is 24.5 Å². The van der Waals surface area contributed by atoms with Gasteiger partial charge in [0.25, 0.3) is 0 Å².